The van der Waals surface area contributed by atoms with Gasteiger partial charge in [0.1, 0.15) is 22.6 Å². The molecule has 0 saturated carbocycles. The van der Waals surface area contributed by atoms with Crippen molar-refractivity contribution in [3.8, 4) is 11.5 Å². The van der Waals surface area contributed by atoms with E-state index in [1.54, 1.807) is 42.6 Å². The Balaban J connectivity index is 2.12. The van der Waals surface area contributed by atoms with E-state index < -0.39 is 10.0 Å². The topological polar surface area (TPSA) is 93.9 Å². The third-order valence-corrected chi connectivity index (χ3v) is 3.85. The van der Waals surface area contributed by atoms with Gasteiger partial charge in [-0.05, 0) is 24.3 Å². The Bertz CT molecular complexity index is 806. The quantitative estimate of drug-likeness (QED) is 0.893. The fourth-order valence-corrected chi connectivity index (χ4v) is 2.64. The van der Waals surface area contributed by atoms with Gasteiger partial charge in [-0.1, -0.05) is 29.9 Å². The number of hydrogen-bond acceptors (Lipinski definition) is 6. The Hall–Kier alpha value is -2.55. The van der Waals surface area contributed by atoms with Crippen molar-refractivity contribution in [1.29, 1.82) is 0 Å². The molecule has 0 aliphatic carbocycles. The van der Waals surface area contributed by atoms with Gasteiger partial charge in [0, 0.05) is 0 Å². The van der Waals surface area contributed by atoms with Gasteiger partial charge < -0.3 is 9.57 Å². The summed E-state index contributed by atoms with van der Waals surface area (Å²) in [6, 6.07) is 13.5. The van der Waals surface area contributed by atoms with Gasteiger partial charge in [0.25, 0.3) is 0 Å². The summed E-state index contributed by atoms with van der Waals surface area (Å²) in [6.07, 6.45) is 3.00. The highest BCUT2D eigenvalue weighted by molar-refractivity contribution is 7.89. The molecule has 0 aromatic heterocycles. The maximum Gasteiger partial charge on any atom is 0.241 e. The predicted molar refractivity (Wildman–Crippen MR) is 80.2 cm³/mol. The Morgan fingerprint density at radius 1 is 1.09 bits per heavy atom. The van der Waals surface area contributed by atoms with Crippen LogP contribution in [0.2, 0.25) is 0 Å². The molecule has 0 unspecified atom stereocenters. The summed E-state index contributed by atoms with van der Waals surface area (Å²) in [5, 5.41) is 6.76. The number of nitrogens with two attached hydrogens (primary N) is 1. The lowest BCUT2D eigenvalue weighted by atomic mass is 10.2. The van der Waals surface area contributed by atoms with E-state index in [-0.39, 0.29) is 10.6 Å². The SMILES string of the molecule is NS(=O)(=O)c1cccc(N2C=CON2)c1Oc1ccccc1. The van der Waals surface area contributed by atoms with Gasteiger partial charge in [-0.2, -0.15) is 0 Å². The molecular weight excluding hydrogens is 306 g/mol. The van der Waals surface area contributed by atoms with Gasteiger partial charge in [0.2, 0.25) is 10.0 Å². The Morgan fingerprint density at radius 3 is 2.50 bits per heavy atom. The van der Waals surface area contributed by atoms with Crippen LogP contribution in [0.15, 0.2) is 65.9 Å². The highest BCUT2D eigenvalue weighted by Crippen LogP contribution is 2.37. The molecule has 1 aliphatic rings. The van der Waals surface area contributed by atoms with Crippen LogP contribution < -0.4 is 20.5 Å². The number of hydrazine groups is 1. The number of benzene rings is 2. The van der Waals surface area contributed by atoms with E-state index in [0.29, 0.717) is 11.4 Å². The molecule has 0 radical (unpaired) electrons. The first kappa shape index (κ1) is 14.4. The van der Waals surface area contributed by atoms with Crippen LogP contribution >= 0.6 is 0 Å². The highest BCUT2D eigenvalue weighted by atomic mass is 32.2. The summed E-state index contributed by atoms with van der Waals surface area (Å²) in [5.74, 6) is 0.600. The van der Waals surface area contributed by atoms with E-state index in [1.807, 2.05) is 6.07 Å². The zero-order valence-corrected chi connectivity index (χ0v) is 12.2. The summed E-state index contributed by atoms with van der Waals surface area (Å²) < 4.78 is 29.4. The second-order valence-corrected chi connectivity index (χ2v) is 5.96. The number of nitrogens with zero attached hydrogens (tertiary/aromatic N) is 1. The molecule has 22 heavy (non-hydrogen) atoms. The molecule has 114 valence electrons. The summed E-state index contributed by atoms with van der Waals surface area (Å²) in [7, 11) is -3.95. The summed E-state index contributed by atoms with van der Waals surface area (Å²) in [4.78, 5) is 4.79. The van der Waals surface area contributed by atoms with E-state index in [0.717, 1.165) is 0 Å². The van der Waals surface area contributed by atoms with Gasteiger partial charge in [-0.3, -0.25) is 0 Å². The third-order valence-electron chi connectivity index (χ3n) is 2.92. The lowest BCUT2D eigenvalue weighted by Gasteiger charge is -2.20. The van der Waals surface area contributed by atoms with Gasteiger partial charge in [-0.25, -0.2) is 18.6 Å². The number of sulfonamides is 1. The average Bonchev–Trinajstić information content (AvgIpc) is 3.01. The zero-order chi connectivity index (χ0) is 15.6. The van der Waals surface area contributed by atoms with Crippen LogP contribution in [-0.2, 0) is 14.9 Å². The number of primary sulfonamides is 1. The van der Waals surface area contributed by atoms with Crippen LogP contribution in [0, 0.1) is 0 Å². The smallest absolute Gasteiger partial charge is 0.241 e. The standard InChI is InChI=1S/C14H13N3O4S/c15-22(18,19)13-8-4-7-12(17-9-10-20-16-17)14(13)21-11-5-2-1-3-6-11/h1-10,16H,(H2,15,18,19). The van der Waals surface area contributed by atoms with Gasteiger partial charge in [0.05, 0.1) is 6.20 Å². The Labute approximate surface area is 127 Å². The van der Waals surface area contributed by atoms with Crippen molar-refractivity contribution in [2.45, 2.75) is 4.90 Å². The first-order chi connectivity index (χ1) is 10.6. The molecule has 1 heterocycles. The third kappa shape index (κ3) is 2.89. The van der Waals surface area contributed by atoms with E-state index in [2.05, 4.69) is 5.59 Å². The van der Waals surface area contributed by atoms with E-state index in [4.69, 9.17) is 14.7 Å². The fourth-order valence-electron chi connectivity index (χ4n) is 1.97. The number of ether oxygens (including phenoxy) is 1. The van der Waals surface area contributed by atoms with E-state index in [9.17, 15) is 8.42 Å². The van der Waals surface area contributed by atoms with Crippen molar-refractivity contribution in [2.75, 3.05) is 5.01 Å². The molecule has 7 nitrogen and oxygen atoms in total. The molecule has 0 spiro atoms. The first-order valence-electron chi connectivity index (χ1n) is 6.31. The maximum absolute atomic E-state index is 11.8. The van der Waals surface area contributed by atoms with Crippen LogP contribution in [0.25, 0.3) is 0 Å². The lowest BCUT2D eigenvalue weighted by Crippen LogP contribution is -2.28. The molecule has 0 bridgehead atoms. The van der Waals surface area contributed by atoms with E-state index >= 15 is 0 Å². The lowest BCUT2D eigenvalue weighted by molar-refractivity contribution is 0.158. The Morgan fingerprint density at radius 2 is 1.86 bits per heavy atom. The molecule has 3 rings (SSSR count). The molecule has 2 aromatic carbocycles. The van der Waals surface area contributed by atoms with Crippen molar-refractivity contribution in [1.82, 2.24) is 5.59 Å². The van der Waals surface area contributed by atoms with Crippen molar-refractivity contribution >= 4 is 15.7 Å². The number of anilines is 1. The van der Waals surface area contributed by atoms with Gasteiger partial charge >= 0.3 is 0 Å². The minimum Gasteiger partial charge on any atom is -0.454 e. The van der Waals surface area contributed by atoms with Crippen LogP contribution in [0.3, 0.4) is 0 Å². The summed E-state index contributed by atoms with van der Waals surface area (Å²) in [5.41, 5.74) is 3.03. The number of nitrogens with one attached hydrogen (secondary N) is 1. The van der Waals surface area contributed by atoms with Crippen LogP contribution in [0.5, 0.6) is 11.5 Å². The average molecular weight is 319 g/mol. The van der Waals surface area contributed by atoms with Crippen LogP contribution in [-0.4, -0.2) is 8.42 Å². The molecule has 1 aliphatic heterocycles. The molecule has 0 saturated heterocycles. The minimum atomic E-state index is -3.95. The van der Waals surface area contributed by atoms with Crippen molar-refractivity contribution in [3.63, 3.8) is 0 Å². The van der Waals surface area contributed by atoms with E-state index in [1.165, 1.54) is 17.3 Å². The van der Waals surface area contributed by atoms with Crippen molar-refractivity contribution in [3.05, 3.63) is 61.0 Å². The fraction of sp³-hybridized carbons (Fsp3) is 0. The first-order valence-corrected chi connectivity index (χ1v) is 7.86. The molecule has 3 N–H and O–H groups in total. The second-order valence-electron chi connectivity index (χ2n) is 4.43. The number of rotatable bonds is 4. The molecule has 8 heteroatoms. The molecule has 2 aromatic rings. The second kappa shape index (κ2) is 5.68. The van der Waals surface area contributed by atoms with Gasteiger partial charge in [-0.15, -0.1) is 0 Å². The monoisotopic (exact) mass is 319 g/mol. The largest absolute Gasteiger partial charge is 0.454 e. The number of hydrogen-bond donors (Lipinski definition) is 2. The minimum absolute atomic E-state index is 0.110. The van der Waals surface area contributed by atoms with Gasteiger partial charge in [0.15, 0.2) is 5.75 Å². The van der Waals surface area contributed by atoms with Crippen molar-refractivity contribution in [2.24, 2.45) is 5.14 Å². The molecular formula is C14H13N3O4S. The van der Waals surface area contributed by atoms with Crippen molar-refractivity contribution < 1.29 is 18.0 Å². The zero-order valence-electron chi connectivity index (χ0n) is 11.3. The van der Waals surface area contributed by atoms with Crippen LogP contribution in [0.1, 0.15) is 0 Å². The molecule has 0 atom stereocenters. The maximum atomic E-state index is 11.8. The predicted octanol–water partition coefficient (Wildman–Crippen LogP) is 1.85. The summed E-state index contributed by atoms with van der Waals surface area (Å²) in [6.45, 7) is 0. The highest BCUT2D eigenvalue weighted by Gasteiger charge is 2.23. The Kier molecular flexibility index (Phi) is 3.72. The number of para-hydroxylation sites is 2. The molecule has 0 amide bonds. The summed E-state index contributed by atoms with van der Waals surface area (Å²) >= 11 is 0. The van der Waals surface area contributed by atoms with Crippen LogP contribution in [0.4, 0.5) is 5.69 Å². The normalized spacial score (nSPS) is 14.0. The molecule has 0 fully saturated rings.